The van der Waals surface area contributed by atoms with Crippen LogP contribution in [0.4, 0.5) is 14.5 Å². The molecule has 1 atom stereocenters. The Balaban J connectivity index is 1.89. The first-order chi connectivity index (χ1) is 13.2. The number of hydrogen-bond acceptors (Lipinski definition) is 4. The van der Waals surface area contributed by atoms with Gasteiger partial charge in [0.15, 0.2) is 0 Å². The summed E-state index contributed by atoms with van der Waals surface area (Å²) < 4.78 is 59.7. The number of methoxy groups -OCH3 is 1. The maximum Gasteiger partial charge on any atom is 0.244 e. The van der Waals surface area contributed by atoms with Gasteiger partial charge in [-0.25, -0.2) is 17.2 Å². The van der Waals surface area contributed by atoms with E-state index in [-0.39, 0.29) is 23.5 Å². The summed E-state index contributed by atoms with van der Waals surface area (Å²) >= 11 is 0. The lowest BCUT2D eigenvalue weighted by molar-refractivity contribution is -0.119. The van der Waals surface area contributed by atoms with Crippen molar-refractivity contribution in [2.75, 3.05) is 19.0 Å². The van der Waals surface area contributed by atoms with Crippen molar-refractivity contribution >= 4 is 21.6 Å². The van der Waals surface area contributed by atoms with Crippen LogP contribution in [0.15, 0.2) is 41.3 Å². The minimum Gasteiger partial charge on any atom is -0.497 e. The van der Waals surface area contributed by atoms with Gasteiger partial charge in [0.1, 0.15) is 23.4 Å². The van der Waals surface area contributed by atoms with Crippen molar-refractivity contribution in [3.63, 3.8) is 0 Å². The molecule has 1 N–H and O–H groups in total. The Kier molecular flexibility index (Phi) is 5.66. The number of benzene rings is 2. The van der Waals surface area contributed by atoms with Crippen molar-refractivity contribution in [1.82, 2.24) is 4.31 Å². The average molecular weight is 410 g/mol. The molecule has 0 aliphatic carbocycles. The number of nitrogens with zero attached hydrogens (tertiary/aromatic N) is 1. The smallest absolute Gasteiger partial charge is 0.244 e. The van der Waals surface area contributed by atoms with E-state index in [1.165, 1.54) is 13.2 Å². The third-order valence-corrected chi connectivity index (χ3v) is 6.72. The second-order valence-corrected chi connectivity index (χ2v) is 8.38. The Bertz CT molecular complexity index is 1010. The van der Waals surface area contributed by atoms with E-state index < -0.39 is 33.6 Å². The highest BCUT2D eigenvalue weighted by molar-refractivity contribution is 7.89. The fourth-order valence-corrected chi connectivity index (χ4v) is 5.11. The Morgan fingerprint density at radius 3 is 2.68 bits per heavy atom. The number of carbonyl (C=O) groups is 1. The van der Waals surface area contributed by atoms with Crippen molar-refractivity contribution < 1.29 is 26.7 Å². The minimum absolute atomic E-state index is 0.0449. The molecule has 28 heavy (non-hydrogen) atoms. The summed E-state index contributed by atoms with van der Waals surface area (Å²) in [5.74, 6) is -1.83. The van der Waals surface area contributed by atoms with E-state index in [2.05, 4.69) is 5.32 Å². The minimum atomic E-state index is -3.98. The number of aryl methyl sites for hydroxylation is 1. The lowest BCUT2D eigenvalue weighted by Gasteiger charge is -2.24. The SMILES string of the molecule is COc1ccc(C)c(S(=O)(=O)N2CCC[C@@H]2C(=O)Nc2cc(F)ccc2F)c1. The summed E-state index contributed by atoms with van der Waals surface area (Å²) in [5, 5.41) is 2.30. The van der Waals surface area contributed by atoms with Crippen molar-refractivity contribution in [2.45, 2.75) is 30.7 Å². The van der Waals surface area contributed by atoms with Crippen molar-refractivity contribution in [3.05, 3.63) is 53.6 Å². The first kappa shape index (κ1) is 20.2. The molecule has 0 bridgehead atoms. The van der Waals surface area contributed by atoms with Crippen LogP contribution < -0.4 is 10.1 Å². The summed E-state index contributed by atoms with van der Waals surface area (Å²) in [5.41, 5.74) is 0.190. The number of carbonyl (C=O) groups excluding carboxylic acids is 1. The molecule has 2 aromatic rings. The van der Waals surface area contributed by atoms with Gasteiger partial charge in [0.25, 0.3) is 0 Å². The fourth-order valence-electron chi connectivity index (χ4n) is 3.21. The molecular weight excluding hydrogens is 390 g/mol. The van der Waals surface area contributed by atoms with E-state index in [1.807, 2.05) is 0 Å². The van der Waals surface area contributed by atoms with Crippen molar-refractivity contribution in [3.8, 4) is 5.75 Å². The maximum absolute atomic E-state index is 13.8. The topological polar surface area (TPSA) is 75.7 Å². The highest BCUT2D eigenvalue weighted by Crippen LogP contribution is 2.31. The van der Waals surface area contributed by atoms with E-state index in [0.29, 0.717) is 17.7 Å². The van der Waals surface area contributed by atoms with Crippen LogP contribution in [0, 0.1) is 18.6 Å². The highest BCUT2D eigenvalue weighted by atomic mass is 32.2. The van der Waals surface area contributed by atoms with Crippen LogP contribution in [0.2, 0.25) is 0 Å². The van der Waals surface area contributed by atoms with Crippen LogP contribution in [-0.4, -0.2) is 38.3 Å². The van der Waals surface area contributed by atoms with Gasteiger partial charge in [0, 0.05) is 18.7 Å². The van der Waals surface area contributed by atoms with Gasteiger partial charge in [-0.3, -0.25) is 4.79 Å². The van der Waals surface area contributed by atoms with Crippen LogP contribution >= 0.6 is 0 Å². The van der Waals surface area contributed by atoms with Crippen molar-refractivity contribution in [2.24, 2.45) is 0 Å². The van der Waals surface area contributed by atoms with Gasteiger partial charge in [-0.15, -0.1) is 0 Å². The van der Waals surface area contributed by atoms with Crippen LogP contribution in [0.25, 0.3) is 0 Å². The molecule has 150 valence electrons. The van der Waals surface area contributed by atoms with E-state index >= 15 is 0 Å². The van der Waals surface area contributed by atoms with Gasteiger partial charge in [0.2, 0.25) is 15.9 Å². The molecule has 0 saturated carbocycles. The number of amides is 1. The second kappa shape index (κ2) is 7.84. The normalized spacial score (nSPS) is 17.5. The number of sulfonamides is 1. The van der Waals surface area contributed by atoms with Crippen LogP contribution in [0.5, 0.6) is 5.75 Å². The quantitative estimate of drug-likeness (QED) is 0.822. The second-order valence-electron chi connectivity index (χ2n) is 6.52. The summed E-state index contributed by atoms with van der Waals surface area (Å²) in [6, 6.07) is 6.35. The van der Waals surface area contributed by atoms with Gasteiger partial charge in [-0.2, -0.15) is 4.31 Å². The highest BCUT2D eigenvalue weighted by Gasteiger charge is 2.40. The zero-order valence-electron chi connectivity index (χ0n) is 15.4. The van der Waals surface area contributed by atoms with Crippen molar-refractivity contribution in [1.29, 1.82) is 0 Å². The summed E-state index contributed by atoms with van der Waals surface area (Å²) in [4.78, 5) is 12.7. The molecule has 1 saturated heterocycles. The summed E-state index contributed by atoms with van der Waals surface area (Å²) in [6.45, 7) is 1.81. The number of halogens is 2. The van der Waals surface area contributed by atoms with Gasteiger partial charge >= 0.3 is 0 Å². The summed E-state index contributed by atoms with van der Waals surface area (Å²) in [7, 11) is -2.55. The maximum atomic E-state index is 13.8. The number of nitrogens with one attached hydrogen (secondary N) is 1. The molecule has 1 heterocycles. The molecule has 2 aromatic carbocycles. The molecule has 0 spiro atoms. The Morgan fingerprint density at radius 1 is 1.21 bits per heavy atom. The molecule has 6 nitrogen and oxygen atoms in total. The van der Waals surface area contributed by atoms with Gasteiger partial charge in [-0.05, 0) is 43.5 Å². The fraction of sp³-hybridized carbons (Fsp3) is 0.316. The van der Waals surface area contributed by atoms with Crippen LogP contribution in [0.1, 0.15) is 18.4 Å². The third-order valence-electron chi connectivity index (χ3n) is 4.67. The van der Waals surface area contributed by atoms with E-state index in [9.17, 15) is 22.0 Å². The van der Waals surface area contributed by atoms with E-state index in [0.717, 1.165) is 22.5 Å². The standard InChI is InChI=1S/C19H20F2N2O4S/c1-12-5-7-14(27-2)11-18(12)28(25,26)23-9-3-4-17(23)19(24)22-16-10-13(20)6-8-15(16)21/h5-8,10-11,17H,3-4,9H2,1-2H3,(H,22,24)/t17-/m1/s1. The van der Waals surface area contributed by atoms with E-state index in [4.69, 9.17) is 4.74 Å². The predicted molar refractivity (Wildman–Crippen MR) is 99.6 cm³/mol. The monoisotopic (exact) mass is 410 g/mol. The Hall–Kier alpha value is -2.52. The lowest BCUT2D eigenvalue weighted by atomic mass is 10.2. The Morgan fingerprint density at radius 2 is 1.96 bits per heavy atom. The largest absolute Gasteiger partial charge is 0.497 e. The molecule has 0 unspecified atom stereocenters. The molecule has 0 aromatic heterocycles. The first-order valence-electron chi connectivity index (χ1n) is 8.66. The molecular formula is C19H20F2N2O4S. The number of rotatable bonds is 5. The molecule has 9 heteroatoms. The molecule has 1 aliphatic rings. The van der Waals surface area contributed by atoms with Crippen LogP contribution in [-0.2, 0) is 14.8 Å². The number of anilines is 1. The molecule has 3 rings (SSSR count). The molecule has 1 aliphatic heterocycles. The summed E-state index contributed by atoms with van der Waals surface area (Å²) in [6.07, 6.45) is 0.761. The third kappa shape index (κ3) is 3.85. The van der Waals surface area contributed by atoms with Crippen LogP contribution in [0.3, 0.4) is 0 Å². The molecule has 1 fully saturated rings. The van der Waals surface area contributed by atoms with Gasteiger partial charge < -0.3 is 10.1 Å². The lowest BCUT2D eigenvalue weighted by Crippen LogP contribution is -2.43. The van der Waals surface area contributed by atoms with Gasteiger partial charge in [-0.1, -0.05) is 6.07 Å². The predicted octanol–water partition coefficient (Wildman–Crippen LogP) is 3.07. The zero-order valence-corrected chi connectivity index (χ0v) is 16.2. The molecule has 1 amide bonds. The van der Waals surface area contributed by atoms with Gasteiger partial charge in [0.05, 0.1) is 17.7 Å². The average Bonchev–Trinajstić information content (AvgIpc) is 3.16. The molecule has 0 radical (unpaired) electrons. The Labute approximate surface area is 162 Å². The number of ether oxygens (including phenoxy) is 1. The zero-order chi connectivity index (χ0) is 20.5. The van der Waals surface area contributed by atoms with E-state index in [1.54, 1.807) is 19.1 Å². The first-order valence-corrected chi connectivity index (χ1v) is 10.1. The number of hydrogen-bond donors (Lipinski definition) is 1.